The van der Waals surface area contributed by atoms with Gasteiger partial charge in [-0.15, -0.1) is 0 Å². The van der Waals surface area contributed by atoms with Crippen molar-refractivity contribution in [1.29, 1.82) is 0 Å². The number of aromatic nitrogens is 2. The Kier molecular flexibility index (Phi) is 7.37. The zero-order chi connectivity index (χ0) is 25.9. The number of aryl methyl sites for hydroxylation is 1. The quantitative estimate of drug-likeness (QED) is 0.216. The number of sulfonamides is 1. The standard InChI is InChI=1S/C24H28N6O5S/c1-3-15(9-10-27-29-25)20-12-19(31)23(24(32)35-20)22(16-7-8-16)17-5-4-6-18(11-17)28-36(33,34)21-13-30(2)14-26-21/h4-6,11-16,22,28,31H,3,7-10H2,1-2H3. The number of imidazole rings is 1. The molecular formula is C24H28N6O5S. The van der Waals surface area contributed by atoms with Crippen molar-refractivity contribution in [3.63, 3.8) is 0 Å². The molecule has 0 aliphatic heterocycles. The van der Waals surface area contributed by atoms with Crippen LogP contribution in [0.1, 0.15) is 61.3 Å². The van der Waals surface area contributed by atoms with E-state index in [1.54, 1.807) is 29.8 Å². The number of aromatic hydroxyl groups is 1. The summed E-state index contributed by atoms with van der Waals surface area (Å²) in [5, 5.41) is 14.4. The Balaban J connectivity index is 1.66. The van der Waals surface area contributed by atoms with E-state index in [0.29, 0.717) is 29.9 Å². The summed E-state index contributed by atoms with van der Waals surface area (Å²) in [6, 6.07) is 8.28. The number of benzene rings is 1. The molecule has 1 aliphatic carbocycles. The molecule has 2 aromatic heterocycles. The van der Waals surface area contributed by atoms with Crippen LogP contribution in [-0.4, -0.2) is 29.6 Å². The molecule has 0 amide bonds. The first-order valence-corrected chi connectivity index (χ1v) is 13.2. The van der Waals surface area contributed by atoms with Gasteiger partial charge in [-0.05, 0) is 54.8 Å². The van der Waals surface area contributed by atoms with Crippen molar-refractivity contribution in [1.82, 2.24) is 9.55 Å². The maximum atomic E-state index is 13.1. The van der Waals surface area contributed by atoms with Crippen LogP contribution in [0.25, 0.3) is 10.4 Å². The zero-order valence-corrected chi connectivity index (χ0v) is 20.9. The highest BCUT2D eigenvalue weighted by Gasteiger charge is 2.38. The van der Waals surface area contributed by atoms with Crippen LogP contribution in [0.3, 0.4) is 0 Å². The zero-order valence-electron chi connectivity index (χ0n) is 20.0. The van der Waals surface area contributed by atoms with Crippen LogP contribution in [0.4, 0.5) is 5.69 Å². The number of rotatable bonds is 11. The van der Waals surface area contributed by atoms with Gasteiger partial charge in [-0.1, -0.05) is 24.2 Å². The predicted octanol–water partition coefficient (Wildman–Crippen LogP) is 4.62. The van der Waals surface area contributed by atoms with E-state index in [1.807, 2.05) is 13.0 Å². The first kappa shape index (κ1) is 25.3. The van der Waals surface area contributed by atoms with E-state index in [4.69, 9.17) is 9.95 Å². The van der Waals surface area contributed by atoms with Crippen LogP contribution in [0.5, 0.6) is 5.75 Å². The van der Waals surface area contributed by atoms with Gasteiger partial charge in [0.1, 0.15) is 11.5 Å². The van der Waals surface area contributed by atoms with Crippen molar-refractivity contribution in [3.8, 4) is 5.75 Å². The van der Waals surface area contributed by atoms with Gasteiger partial charge in [0.05, 0.1) is 11.9 Å². The Morgan fingerprint density at radius 1 is 1.36 bits per heavy atom. The van der Waals surface area contributed by atoms with Gasteiger partial charge in [0, 0.05) is 48.3 Å². The van der Waals surface area contributed by atoms with Crippen molar-refractivity contribution >= 4 is 15.7 Å². The second-order valence-electron chi connectivity index (χ2n) is 9.01. The van der Waals surface area contributed by atoms with Crippen molar-refractivity contribution in [2.45, 2.75) is 49.5 Å². The van der Waals surface area contributed by atoms with Crippen LogP contribution < -0.4 is 10.3 Å². The molecule has 2 unspecified atom stereocenters. The molecule has 11 nitrogen and oxygen atoms in total. The summed E-state index contributed by atoms with van der Waals surface area (Å²) in [5.41, 5.74) is 9.09. The lowest BCUT2D eigenvalue weighted by atomic mass is 9.87. The third-order valence-electron chi connectivity index (χ3n) is 6.38. The molecule has 1 fully saturated rings. The smallest absolute Gasteiger partial charge is 0.343 e. The van der Waals surface area contributed by atoms with Crippen LogP contribution in [-0.2, 0) is 17.1 Å². The summed E-state index contributed by atoms with van der Waals surface area (Å²) in [6.45, 7) is 2.18. The van der Waals surface area contributed by atoms with Crippen molar-refractivity contribution in [2.24, 2.45) is 18.1 Å². The molecule has 2 heterocycles. The molecule has 0 saturated heterocycles. The fraction of sp³-hybridized carbons (Fsp3) is 0.417. The van der Waals surface area contributed by atoms with Gasteiger partial charge in [-0.2, -0.15) is 8.42 Å². The number of hydrogen-bond donors (Lipinski definition) is 2. The van der Waals surface area contributed by atoms with Gasteiger partial charge in [0.25, 0.3) is 10.0 Å². The van der Waals surface area contributed by atoms with Crippen molar-refractivity contribution in [2.75, 3.05) is 11.3 Å². The summed E-state index contributed by atoms with van der Waals surface area (Å²) in [4.78, 5) is 19.8. The van der Waals surface area contributed by atoms with Crippen LogP contribution in [0.2, 0.25) is 0 Å². The molecule has 0 bridgehead atoms. The molecule has 1 aromatic carbocycles. The number of azide groups is 1. The predicted molar refractivity (Wildman–Crippen MR) is 133 cm³/mol. The second kappa shape index (κ2) is 10.5. The van der Waals surface area contributed by atoms with Gasteiger partial charge in [0.15, 0.2) is 5.03 Å². The van der Waals surface area contributed by atoms with E-state index >= 15 is 0 Å². The molecule has 2 N–H and O–H groups in total. The lowest BCUT2D eigenvalue weighted by molar-refractivity contribution is 0.375. The molecule has 2 atom stereocenters. The summed E-state index contributed by atoms with van der Waals surface area (Å²) in [7, 11) is -2.21. The van der Waals surface area contributed by atoms with E-state index in [9.17, 15) is 18.3 Å². The van der Waals surface area contributed by atoms with Gasteiger partial charge < -0.3 is 14.1 Å². The van der Waals surface area contributed by atoms with E-state index in [2.05, 4.69) is 19.7 Å². The fourth-order valence-electron chi connectivity index (χ4n) is 4.44. The molecule has 190 valence electrons. The van der Waals surface area contributed by atoms with Gasteiger partial charge in [0.2, 0.25) is 0 Å². The average Bonchev–Trinajstić information content (AvgIpc) is 3.57. The summed E-state index contributed by atoms with van der Waals surface area (Å²) >= 11 is 0. The Labute approximate surface area is 208 Å². The minimum absolute atomic E-state index is 0.103. The summed E-state index contributed by atoms with van der Waals surface area (Å²) in [6.07, 6.45) is 5.69. The Hall–Kier alpha value is -3.76. The SMILES string of the molecule is CCC(CCN=[N+]=[N-])c1cc(O)c(C(c2cccc(NS(=O)(=O)c3cn(C)cn3)c2)C2CC2)c(=O)o1. The van der Waals surface area contributed by atoms with E-state index in [0.717, 1.165) is 12.8 Å². The molecule has 4 rings (SSSR count). The Morgan fingerprint density at radius 2 is 2.14 bits per heavy atom. The topological polar surface area (TPSA) is 163 Å². The number of nitrogens with one attached hydrogen (secondary N) is 1. The molecule has 3 aromatic rings. The maximum Gasteiger partial charge on any atom is 0.343 e. The molecule has 0 spiro atoms. The van der Waals surface area contributed by atoms with Gasteiger partial charge in [-0.25, -0.2) is 9.78 Å². The highest BCUT2D eigenvalue weighted by molar-refractivity contribution is 7.92. The summed E-state index contributed by atoms with van der Waals surface area (Å²) < 4.78 is 35.2. The monoisotopic (exact) mass is 512 g/mol. The molecule has 36 heavy (non-hydrogen) atoms. The first-order chi connectivity index (χ1) is 17.2. The Morgan fingerprint density at radius 3 is 2.75 bits per heavy atom. The largest absolute Gasteiger partial charge is 0.507 e. The van der Waals surface area contributed by atoms with Gasteiger partial charge >= 0.3 is 5.63 Å². The first-order valence-electron chi connectivity index (χ1n) is 11.7. The lowest BCUT2D eigenvalue weighted by Gasteiger charge is -2.20. The van der Waals surface area contributed by atoms with Crippen molar-refractivity contribution < 1.29 is 17.9 Å². The third kappa shape index (κ3) is 5.55. The maximum absolute atomic E-state index is 13.1. The molecule has 1 aliphatic rings. The van der Waals surface area contributed by atoms with E-state index in [-0.39, 0.29) is 34.7 Å². The minimum Gasteiger partial charge on any atom is -0.507 e. The highest BCUT2D eigenvalue weighted by Crippen LogP contribution is 2.48. The Bertz CT molecular complexity index is 1450. The second-order valence-corrected chi connectivity index (χ2v) is 10.6. The average molecular weight is 513 g/mol. The van der Waals surface area contributed by atoms with Crippen LogP contribution in [0.15, 0.2) is 62.2 Å². The normalized spacial score (nSPS) is 15.2. The van der Waals surface area contributed by atoms with Crippen LogP contribution in [0, 0.1) is 5.92 Å². The molecule has 12 heteroatoms. The lowest BCUT2D eigenvalue weighted by Crippen LogP contribution is -2.18. The fourth-order valence-corrected chi connectivity index (χ4v) is 5.47. The number of hydrogen-bond acceptors (Lipinski definition) is 7. The molecular weight excluding hydrogens is 484 g/mol. The van der Waals surface area contributed by atoms with Gasteiger partial charge in [-0.3, -0.25) is 4.72 Å². The van der Waals surface area contributed by atoms with Crippen molar-refractivity contribution in [3.05, 3.63) is 80.6 Å². The number of anilines is 1. The highest BCUT2D eigenvalue weighted by atomic mass is 32.2. The molecule has 1 saturated carbocycles. The van der Waals surface area contributed by atoms with E-state index in [1.165, 1.54) is 18.6 Å². The summed E-state index contributed by atoms with van der Waals surface area (Å²) in [5.74, 6) is -0.299. The molecule has 0 radical (unpaired) electrons. The third-order valence-corrected chi connectivity index (χ3v) is 7.65. The van der Waals surface area contributed by atoms with Crippen LogP contribution >= 0.6 is 0 Å². The minimum atomic E-state index is -3.89. The van der Waals surface area contributed by atoms with E-state index < -0.39 is 21.6 Å². The number of nitrogens with zero attached hydrogens (tertiary/aromatic N) is 5.